The molecular weight excluding hydrogens is 353 g/mol. The SMILES string of the molecule is O=C(c1ccccc1)C(O)(Cc1cccc(C(F)(F)F)c1)c1ccccc1. The quantitative estimate of drug-likeness (QED) is 0.641. The molecule has 0 aliphatic rings. The van der Waals surface area contributed by atoms with Crippen LogP contribution in [-0.4, -0.2) is 10.9 Å². The van der Waals surface area contributed by atoms with Gasteiger partial charge in [0.15, 0.2) is 11.4 Å². The Labute approximate surface area is 154 Å². The van der Waals surface area contributed by atoms with Crippen molar-refractivity contribution in [3.8, 4) is 0 Å². The van der Waals surface area contributed by atoms with E-state index in [1.54, 1.807) is 60.7 Å². The molecular formula is C22H17F3O2. The number of carbonyl (C=O) groups excluding carboxylic acids is 1. The maximum absolute atomic E-state index is 13.1. The molecule has 1 atom stereocenters. The zero-order valence-corrected chi connectivity index (χ0v) is 14.3. The van der Waals surface area contributed by atoms with Gasteiger partial charge in [-0.15, -0.1) is 0 Å². The van der Waals surface area contributed by atoms with Gasteiger partial charge in [0, 0.05) is 12.0 Å². The molecule has 0 saturated carbocycles. The highest BCUT2D eigenvalue weighted by Gasteiger charge is 2.39. The minimum atomic E-state index is -4.50. The van der Waals surface area contributed by atoms with Crippen molar-refractivity contribution in [2.75, 3.05) is 0 Å². The number of carbonyl (C=O) groups is 1. The van der Waals surface area contributed by atoms with E-state index in [9.17, 15) is 23.1 Å². The summed E-state index contributed by atoms with van der Waals surface area (Å²) in [5, 5.41) is 11.3. The van der Waals surface area contributed by atoms with Crippen molar-refractivity contribution in [1.29, 1.82) is 0 Å². The van der Waals surface area contributed by atoms with E-state index >= 15 is 0 Å². The van der Waals surface area contributed by atoms with Gasteiger partial charge in [0.25, 0.3) is 0 Å². The van der Waals surface area contributed by atoms with Crippen LogP contribution >= 0.6 is 0 Å². The molecule has 1 N–H and O–H groups in total. The average Bonchev–Trinajstić information content (AvgIpc) is 2.68. The van der Waals surface area contributed by atoms with Crippen LogP contribution in [0.5, 0.6) is 0 Å². The second-order valence-electron chi connectivity index (χ2n) is 6.30. The van der Waals surface area contributed by atoms with Crippen LogP contribution in [0, 0.1) is 0 Å². The summed E-state index contributed by atoms with van der Waals surface area (Å²) in [5.41, 5.74) is -1.96. The highest BCUT2D eigenvalue weighted by molar-refractivity contribution is 6.03. The number of hydrogen-bond donors (Lipinski definition) is 1. The van der Waals surface area contributed by atoms with Crippen LogP contribution in [0.2, 0.25) is 0 Å². The predicted octanol–water partition coefficient (Wildman–Crippen LogP) is 5.02. The molecule has 5 heteroatoms. The van der Waals surface area contributed by atoms with Crippen molar-refractivity contribution >= 4 is 5.78 Å². The summed E-state index contributed by atoms with van der Waals surface area (Å²) >= 11 is 0. The second kappa shape index (κ2) is 7.37. The van der Waals surface area contributed by atoms with Gasteiger partial charge >= 0.3 is 6.18 Å². The van der Waals surface area contributed by atoms with E-state index < -0.39 is 23.1 Å². The van der Waals surface area contributed by atoms with Crippen molar-refractivity contribution in [3.63, 3.8) is 0 Å². The molecule has 3 aromatic carbocycles. The Morgan fingerprint density at radius 2 is 1.33 bits per heavy atom. The summed E-state index contributed by atoms with van der Waals surface area (Å²) in [7, 11) is 0. The molecule has 0 aromatic heterocycles. The second-order valence-corrected chi connectivity index (χ2v) is 6.30. The highest BCUT2D eigenvalue weighted by Crippen LogP contribution is 2.33. The Bertz CT molecular complexity index is 921. The van der Waals surface area contributed by atoms with E-state index in [0.29, 0.717) is 5.56 Å². The van der Waals surface area contributed by atoms with E-state index in [-0.39, 0.29) is 17.5 Å². The third-order valence-electron chi connectivity index (χ3n) is 4.38. The first kappa shape index (κ1) is 18.9. The zero-order valence-electron chi connectivity index (χ0n) is 14.3. The van der Waals surface area contributed by atoms with Crippen molar-refractivity contribution < 1.29 is 23.1 Å². The van der Waals surface area contributed by atoms with Gasteiger partial charge in [-0.05, 0) is 17.2 Å². The maximum atomic E-state index is 13.1. The fourth-order valence-electron chi connectivity index (χ4n) is 3.01. The molecule has 27 heavy (non-hydrogen) atoms. The lowest BCUT2D eigenvalue weighted by molar-refractivity contribution is -0.137. The van der Waals surface area contributed by atoms with E-state index in [0.717, 1.165) is 12.1 Å². The lowest BCUT2D eigenvalue weighted by atomic mass is 9.81. The van der Waals surface area contributed by atoms with Crippen LogP contribution in [0.1, 0.15) is 27.0 Å². The number of rotatable bonds is 5. The molecule has 0 aliphatic heterocycles. The van der Waals surface area contributed by atoms with Gasteiger partial charge in [0.1, 0.15) is 0 Å². The number of aliphatic hydroxyl groups is 1. The van der Waals surface area contributed by atoms with Gasteiger partial charge in [-0.3, -0.25) is 4.79 Å². The lowest BCUT2D eigenvalue weighted by Gasteiger charge is -2.28. The standard InChI is InChI=1S/C22H17F3O2/c23-22(24,25)19-13-7-8-16(14-19)15-21(27,18-11-5-2-6-12-18)20(26)17-9-3-1-4-10-17/h1-14,27H,15H2. The minimum absolute atomic E-state index is 0.223. The van der Waals surface area contributed by atoms with Gasteiger partial charge in [-0.1, -0.05) is 78.9 Å². The molecule has 0 heterocycles. The Morgan fingerprint density at radius 3 is 1.93 bits per heavy atom. The maximum Gasteiger partial charge on any atom is 0.416 e. The van der Waals surface area contributed by atoms with Crippen LogP contribution in [0.3, 0.4) is 0 Å². The predicted molar refractivity (Wildman–Crippen MR) is 96.3 cm³/mol. The number of Topliss-reactive ketones (excluding diaryl/α,β-unsaturated/α-hetero) is 1. The third-order valence-corrected chi connectivity index (χ3v) is 4.38. The summed E-state index contributed by atoms with van der Waals surface area (Å²) in [6.07, 6.45) is -4.76. The number of ketones is 1. The zero-order chi connectivity index (χ0) is 19.5. The number of halogens is 3. The first-order valence-electron chi connectivity index (χ1n) is 8.34. The van der Waals surface area contributed by atoms with Gasteiger partial charge in [-0.25, -0.2) is 0 Å². The monoisotopic (exact) mass is 370 g/mol. The van der Waals surface area contributed by atoms with E-state index in [4.69, 9.17) is 0 Å². The van der Waals surface area contributed by atoms with Crippen LogP contribution in [-0.2, 0) is 18.2 Å². The van der Waals surface area contributed by atoms with Crippen LogP contribution < -0.4 is 0 Å². The first-order valence-corrected chi connectivity index (χ1v) is 8.34. The number of benzene rings is 3. The van der Waals surface area contributed by atoms with Crippen molar-refractivity contribution in [1.82, 2.24) is 0 Å². The summed E-state index contributed by atoms with van der Waals surface area (Å²) < 4.78 is 39.1. The smallest absolute Gasteiger partial charge is 0.377 e. The summed E-state index contributed by atoms with van der Waals surface area (Å²) in [6, 6.07) is 21.2. The Morgan fingerprint density at radius 1 is 0.778 bits per heavy atom. The Balaban J connectivity index is 2.05. The fraction of sp³-hybridized carbons (Fsp3) is 0.136. The van der Waals surface area contributed by atoms with Crippen molar-refractivity contribution in [2.45, 2.75) is 18.2 Å². The largest absolute Gasteiger partial charge is 0.416 e. The lowest BCUT2D eigenvalue weighted by Crippen LogP contribution is -2.38. The average molecular weight is 370 g/mol. The highest BCUT2D eigenvalue weighted by atomic mass is 19.4. The van der Waals surface area contributed by atoms with Crippen LogP contribution in [0.15, 0.2) is 84.9 Å². The third kappa shape index (κ3) is 4.09. The molecule has 1 unspecified atom stereocenters. The summed E-state index contributed by atoms with van der Waals surface area (Å²) in [4.78, 5) is 13.1. The first-order chi connectivity index (χ1) is 12.8. The molecule has 3 aromatic rings. The van der Waals surface area contributed by atoms with Gasteiger partial charge in [-0.2, -0.15) is 13.2 Å². The molecule has 0 amide bonds. The van der Waals surface area contributed by atoms with Crippen molar-refractivity contribution in [3.05, 3.63) is 107 Å². The topological polar surface area (TPSA) is 37.3 Å². The molecule has 3 rings (SSSR count). The number of alkyl halides is 3. The normalized spacial score (nSPS) is 13.8. The minimum Gasteiger partial charge on any atom is -0.377 e. The van der Waals surface area contributed by atoms with Crippen LogP contribution in [0.25, 0.3) is 0 Å². The van der Waals surface area contributed by atoms with Crippen LogP contribution in [0.4, 0.5) is 13.2 Å². The molecule has 138 valence electrons. The summed E-state index contributed by atoms with van der Waals surface area (Å²) in [5.74, 6) is -0.563. The fourth-order valence-corrected chi connectivity index (χ4v) is 3.01. The Kier molecular flexibility index (Phi) is 5.15. The molecule has 0 saturated heterocycles. The Hall–Kier alpha value is -2.92. The van der Waals surface area contributed by atoms with Gasteiger partial charge < -0.3 is 5.11 Å². The molecule has 2 nitrogen and oxygen atoms in total. The molecule has 0 fully saturated rings. The van der Waals surface area contributed by atoms with E-state index in [2.05, 4.69) is 0 Å². The molecule has 0 spiro atoms. The molecule has 0 radical (unpaired) electrons. The van der Waals surface area contributed by atoms with Gasteiger partial charge in [0.2, 0.25) is 0 Å². The van der Waals surface area contributed by atoms with E-state index in [1.807, 2.05) is 0 Å². The van der Waals surface area contributed by atoms with Crippen molar-refractivity contribution in [2.24, 2.45) is 0 Å². The number of hydrogen-bond acceptors (Lipinski definition) is 2. The summed E-state index contributed by atoms with van der Waals surface area (Å²) in [6.45, 7) is 0. The van der Waals surface area contributed by atoms with Gasteiger partial charge in [0.05, 0.1) is 5.56 Å². The van der Waals surface area contributed by atoms with E-state index in [1.165, 1.54) is 12.1 Å². The molecule has 0 aliphatic carbocycles. The molecule has 0 bridgehead atoms.